The highest BCUT2D eigenvalue weighted by atomic mass is 16.5. The minimum Gasteiger partial charge on any atom is -0.497 e. The van der Waals surface area contributed by atoms with E-state index in [0.29, 0.717) is 32.4 Å². The van der Waals surface area contributed by atoms with Crippen LogP contribution in [-0.2, 0) is 16.1 Å². The Bertz CT molecular complexity index is 938. The summed E-state index contributed by atoms with van der Waals surface area (Å²) in [6.45, 7) is 4.82. The van der Waals surface area contributed by atoms with Gasteiger partial charge in [-0.15, -0.1) is 0 Å². The average molecular weight is 481 g/mol. The highest BCUT2D eigenvalue weighted by molar-refractivity contribution is 5.87. The van der Waals surface area contributed by atoms with Gasteiger partial charge in [0.15, 0.2) is 0 Å². The molecule has 1 fully saturated rings. The summed E-state index contributed by atoms with van der Waals surface area (Å²) in [7, 11) is 1.63. The van der Waals surface area contributed by atoms with Crippen molar-refractivity contribution in [3.05, 3.63) is 59.7 Å². The van der Waals surface area contributed by atoms with E-state index in [2.05, 4.69) is 5.32 Å². The van der Waals surface area contributed by atoms with E-state index in [0.717, 1.165) is 42.7 Å². The van der Waals surface area contributed by atoms with Crippen molar-refractivity contribution in [3.63, 3.8) is 0 Å². The van der Waals surface area contributed by atoms with Gasteiger partial charge in [-0.3, -0.25) is 9.59 Å². The van der Waals surface area contributed by atoms with E-state index in [1.165, 1.54) is 12.0 Å². The first-order valence-electron chi connectivity index (χ1n) is 12.9. The Morgan fingerprint density at radius 1 is 1.06 bits per heavy atom. The van der Waals surface area contributed by atoms with Gasteiger partial charge in [0.05, 0.1) is 13.7 Å². The second-order valence-corrected chi connectivity index (χ2v) is 9.41. The van der Waals surface area contributed by atoms with Crippen molar-refractivity contribution in [2.45, 2.75) is 83.8 Å². The number of methoxy groups -OCH3 is 1. The molecule has 1 aliphatic carbocycles. The molecule has 0 heterocycles. The Morgan fingerprint density at radius 2 is 1.80 bits per heavy atom. The van der Waals surface area contributed by atoms with Gasteiger partial charge in [-0.25, -0.2) is 0 Å². The Labute approximate surface area is 210 Å². The fourth-order valence-electron chi connectivity index (χ4n) is 4.62. The quantitative estimate of drug-likeness (QED) is 0.412. The van der Waals surface area contributed by atoms with Gasteiger partial charge in [0.25, 0.3) is 0 Å². The van der Waals surface area contributed by atoms with Crippen LogP contribution in [0.3, 0.4) is 0 Å². The highest BCUT2D eigenvalue weighted by Gasteiger charge is 2.30. The van der Waals surface area contributed by atoms with E-state index in [9.17, 15) is 9.59 Å². The topological polar surface area (TPSA) is 67.9 Å². The highest BCUT2D eigenvalue weighted by Crippen LogP contribution is 2.21. The van der Waals surface area contributed by atoms with Crippen LogP contribution in [0.25, 0.3) is 0 Å². The largest absolute Gasteiger partial charge is 0.497 e. The van der Waals surface area contributed by atoms with Crippen LogP contribution in [0.15, 0.2) is 48.5 Å². The second-order valence-electron chi connectivity index (χ2n) is 9.41. The number of nitrogens with zero attached hydrogens (tertiary/aromatic N) is 1. The maximum atomic E-state index is 13.4. The summed E-state index contributed by atoms with van der Waals surface area (Å²) in [5.74, 6) is 1.45. The monoisotopic (exact) mass is 480 g/mol. The number of nitrogens with one attached hydrogen (secondary N) is 1. The van der Waals surface area contributed by atoms with E-state index in [1.807, 2.05) is 62.4 Å². The Morgan fingerprint density at radius 3 is 2.49 bits per heavy atom. The molecule has 6 nitrogen and oxygen atoms in total. The molecule has 3 rings (SSSR count). The molecule has 35 heavy (non-hydrogen) atoms. The zero-order valence-corrected chi connectivity index (χ0v) is 21.4. The first-order valence-corrected chi connectivity index (χ1v) is 12.9. The molecule has 0 unspecified atom stereocenters. The number of rotatable bonds is 12. The Balaban J connectivity index is 1.66. The number of amides is 2. The summed E-state index contributed by atoms with van der Waals surface area (Å²) in [6.07, 6.45) is 7.03. The molecule has 0 aromatic heterocycles. The molecule has 1 aliphatic rings. The summed E-state index contributed by atoms with van der Waals surface area (Å²) in [4.78, 5) is 28.4. The molecule has 0 spiro atoms. The van der Waals surface area contributed by atoms with Gasteiger partial charge in [-0.2, -0.15) is 0 Å². The van der Waals surface area contributed by atoms with Crippen LogP contribution in [0.4, 0.5) is 0 Å². The number of carbonyl (C=O) groups is 2. The molecule has 1 saturated carbocycles. The lowest BCUT2D eigenvalue weighted by atomic mass is 9.95. The summed E-state index contributed by atoms with van der Waals surface area (Å²) in [6, 6.07) is 15.3. The Hall–Kier alpha value is -3.02. The van der Waals surface area contributed by atoms with Crippen LogP contribution in [0.2, 0.25) is 0 Å². The van der Waals surface area contributed by atoms with Gasteiger partial charge in [-0.05, 0) is 62.4 Å². The summed E-state index contributed by atoms with van der Waals surface area (Å²) in [5, 5.41) is 3.22. The van der Waals surface area contributed by atoms with Crippen molar-refractivity contribution in [1.29, 1.82) is 0 Å². The van der Waals surface area contributed by atoms with E-state index in [1.54, 1.807) is 12.0 Å². The molecule has 1 N–H and O–H groups in total. The summed E-state index contributed by atoms with van der Waals surface area (Å²) >= 11 is 0. The molecular formula is C29H40N2O4. The standard InChI is InChI=1S/C29H40N2O4/c1-4-27(29(33)30-24-11-6-5-7-12-24)31(21-23-10-8-13-26(20-23)34-3)28(32)14-9-19-35-25-17-15-22(2)16-18-25/h8,10,13,15-18,20,24,27H,4-7,9,11-12,14,19,21H2,1-3H3,(H,30,33)/t27-/m1/s1. The minimum absolute atomic E-state index is 0.0361. The predicted octanol–water partition coefficient (Wildman–Crippen LogP) is 5.42. The second kappa shape index (κ2) is 13.8. The van der Waals surface area contributed by atoms with Crippen LogP contribution in [0.5, 0.6) is 11.5 Å². The lowest BCUT2D eigenvalue weighted by Gasteiger charge is -2.33. The van der Waals surface area contributed by atoms with Gasteiger partial charge >= 0.3 is 0 Å². The molecule has 0 saturated heterocycles. The molecule has 190 valence electrons. The third-order valence-electron chi connectivity index (χ3n) is 6.65. The van der Waals surface area contributed by atoms with Crippen molar-refractivity contribution < 1.29 is 19.1 Å². The summed E-state index contributed by atoms with van der Waals surface area (Å²) in [5.41, 5.74) is 2.12. The third-order valence-corrected chi connectivity index (χ3v) is 6.65. The number of hydrogen-bond donors (Lipinski definition) is 1. The number of aryl methyl sites for hydroxylation is 1. The molecule has 2 aromatic carbocycles. The van der Waals surface area contributed by atoms with Crippen molar-refractivity contribution in [2.24, 2.45) is 0 Å². The van der Waals surface area contributed by atoms with Crippen molar-refractivity contribution in [1.82, 2.24) is 10.2 Å². The molecule has 6 heteroatoms. The zero-order chi connectivity index (χ0) is 25.0. The Kier molecular flexibility index (Phi) is 10.5. The van der Waals surface area contributed by atoms with E-state index in [4.69, 9.17) is 9.47 Å². The minimum atomic E-state index is -0.506. The number of benzene rings is 2. The molecule has 0 aliphatic heterocycles. The van der Waals surface area contributed by atoms with Crippen molar-refractivity contribution in [2.75, 3.05) is 13.7 Å². The molecular weight excluding hydrogens is 440 g/mol. The van der Waals surface area contributed by atoms with E-state index < -0.39 is 6.04 Å². The average Bonchev–Trinajstić information content (AvgIpc) is 2.88. The number of carbonyl (C=O) groups excluding carboxylic acids is 2. The number of hydrogen-bond acceptors (Lipinski definition) is 4. The van der Waals surface area contributed by atoms with E-state index in [-0.39, 0.29) is 17.9 Å². The fraction of sp³-hybridized carbons (Fsp3) is 0.517. The SMILES string of the molecule is CC[C@H](C(=O)NC1CCCCC1)N(Cc1cccc(OC)c1)C(=O)CCCOc1ccc(C)cc1. The normalized spacial score (nSPS) is 14.7. The van der Waals surface area contributed by atoms with Crippen molar-refractivity contribution >= 4 is 11.8 Å². The van der Waals surface area contributed by atoms with Crippen LogP contribution >= 0.6 is 0 Å². The maximum Gasteiger partial charge on any atom is 0.243 e. The molecule has 0 bridgehead atoms. The van der Waals surface area contributed by atoms with Crippen LogP contribution in [0.1, 0.15) is 69.4 Å². The first kappa shape index (κ1) is 26.6. The summed E-state index contributed by atoms with van der Waals surface area (Å²) < 4.78 is 11.2. The lowest BCUT2D eigenvalue weighted by molar-refractivity contribution is -0.142. The lowest BCUT2D eigenvalue weighted by Crippen LogP contribution is -2.51. The first-order chi connectivity index (χ1) is 17.0. The third kappa shape index (κ3) is 8.30. The van der Waals surface area contributed by atoms with Crippen LogP contribution < -0.4 is 14.8 Å². The van der Waals surface area contributed by atoms with Gasteiger partial charge in [0.2, 0.25) is 11.8 Å². The smallest absolute Gasteiger partial charge is 0.243 e. The van der Waals surface area contributed by atoms with Gasteiger partial charge in [0.1, 0.15) is 17.5 Å². The molecule has 2 aromatic rings. The molecule has 0 radical (unpaired) electrons. The predicted molar refractivity (Wildman–Crippen MR) is 139 cm³/mol. The maximum absolute atomic E-state index is 13.4. The zero-order valence-electron chi connectivity index (χ0n) is 21.4. The fourth-order valence-corrected chi connectivity index (χ4v) is 4.62. The van der Waals surface area contributed by atoms with Gasteiger partial charge < -0.3 is 19.7 Å². The van der Waals surface area contributed by atoms with Crippen molar-refractivity contribution in [3.8, 4) is 11.5 Å². The van der Waals surface area contributed by atoms with Crippen LogP contribution in [-0.4, -0.2) is 42.5 Å². The molecule has 2 amide bonds. The van der Waals surface area contributed by atoms with Gasteiger partial charge in [-0.1, -0.05) is 56.0 Å². The van der Waals surface area contributed by atoms with E-state index >= 15 is 0 Å². The number of ether oxygens (including phenoxy) is 2. The van der Waals surface area contributed by atoms with Crippen LogP contribution in [0, 0.1) is 6.92 Å². The van der Waals surface area contributed by atoms with Gasteiger partial charge in [0, 0.05) is 19.0 Å². The molecule has 1 atom stereocenters.